The molecule has 2 aromatic rings. The summed E-state index contributed by atoms with van der Waals surface area (Å²) >= 11 is 0. The minimum atomic E-state index is 0.219. The summed E-state index contributed by atoms with van der Waals surface area (Å²) in [4.78, 5) is 2.38. The average molecular weight is 282 g/mol. The molecule has 0 fully saturated rings. The fourth-order valence-corrected chi connectivity index (χ4v) is 2.96. The highest BCUT2D eigenvalue weighted by atomic mass is 15.2. The van der Waals surface area contributed by atoms with Gasteiger partial charge in [-0.1, -0.05) is 47.0 Å². The second-order valence-corrected chi connectivity index (χ2v) is 5.79. The van der Waals surface area contributed by atoms with Crippen LogP contribution in [0.15, 0.2) is 42.5 Å². The van der Waals surface area contributed by atoms with Crippen molar-refractivity contribution in [3.63, 3.8) is 0 Å². The van der Waals surface area contributed by atoms with Gasteiger partial charge < -0.3 is 10.6 Å². The van der Waals surface area contributed by atoms with Crippen molar-refractivity contribution in [1.29, 1.82) is 0 Å². The molecule has 112 valence electrons. The van der Waals surface area contributed by atoms with Crippen LogP contribution in [0.25, 0.3) is 0 Å². The van der Waals surface area contributed by atoms with Gasteiger partial charge in [0.25, 0.3) is 0 Å². The van der Waals surface area contributed by atoms with Crippen LogP contribution in [0.3, 0.4) is 0 Å². The maximum Gasteiger partial charge on any atom is 0.0664 e. The molecule has 2 rings (SSSR count). The molecule has 2 N–H and O–H groups in total. The Hall–Kier alpha value is -1.80. The third-order valence-corrected chi connectivity index (χ3v) is 3.93. The summed E-state index contributed by atoms with van der Waals surface area (Å²) < 4.78 is 0. The Bertz CT molecular complexity index is 567. The van der Waals surface area contributed by atoms with E-state index >= 15 is 0 Å². The summed E-state index contributed by atoms with van der Waals surface area (Å²) in [7, 11) is 0. The molecule has 2 nitrogen and oxygen atoms in total. The largest absolute Gasteiger partial charge is 0.363 e. The monoisotopic (exact) mass is 282 g/mol. The average Bonchev–Trinajstić information content (AvgIpc) is 2.44. The number of likely N-dealkylation sites (N-methyl/N-ethyl adjacent to an activating group) is 1. The number of hydrogen-bond acceptors (Lipinski definition) is 2. The second-order valence-electron chi connectivity index (χ2n) is 5.79. The Kier molecular flexibility index (Phi) is 5.03. The molecule has 0 aliphatic rings. The van der Waals surface area contributed by atoms with E-state index < -0.39 is 0 Å². The van der Waals surface area contributed by atoms with Crippen LogP contribution in [0.4, 0.5) is 5.69 Å². The molecule has 0 aliphatic carbocycles. The Morgan fingerprint density at radius 2 is 1.48 bits per heavy atom. The molecule has 0 aliphatic heterocycles. The zero-order chi connectivity index (χ0) is 15.4. The van der Waals surface area contributed by atoms with Gasteiger partial charge in [-0.05, 0) is 45.4 Å². The number of aryl methyl sites for hydroxylation is 3. The summed E-state index contributed by atoms with van der Waals surface area (Å²) in [6, 6.07) is 15.6. The van der Waals surface area contributed by atoms with Crippen molar-refractivity contribution in [2.24, 2.45) is 5.73 Å². The van der Waals surface area contributed by atoms with Crippen LogP contribution >= 0.6 is 0 Å². The molecule has 1 unspecified atom stereocenters. The van der Waals surface area contributed by atoms with Crippen LogP contribution in [-0.2, 0) is 0 Å². The Morgan fingerprint density at radius 3 is 1.95 bits per heavy atom. The molecule has 0 amide bonds. The molecular formula is C19H26N2. The Labute approximate surface area is 128 Å². The number of nitrogens with two attached hydrogens (primary N) is 1. The van der Waals surface area contributed by atoms with E-state index in [1.165, 1.54) is 27.9 Å². The molecule has 21 heavy (non-hydrogen) atoms. The Morgan fingerprint density at radius 1 is 0.905 bits per heavy atom. The van der Waals surface area contributed by atoms with Crippen molar-refractivity contribution in [3.8, 4) is 0 Å². The standard InChI is InChI=1S/C19H26N2/c1-5-21(18-8-6-14(2)7-9-18)19(13-20)17-11-15(3)10-16(4)12-17/h6-12,19H,5,13,20H2,1-4H3. The van der Waals surface area contributed by atoms with Gasteiger partial charge in [0.15, 0.2) is 0 Å². The summed E-state index contributed by atoms with van der Waals surface area (Å²) in [5, 5.41) is 0. The minimum absolute atomic E-state index is 0.219. The molecule has 0 radical (unpaired) electrons. The predicted molar refractivity (Wildman–Crippen MR) is 91.9 cm³/mol. The first-order valence-electron chi connectivity index (χ1n) is 7.66. The van der Waals surface area contributed by atoms with Crippen molar-refractivity contribution in [2.45, 2.75) is 33.7 Å². The fraction of sp³-hybridized carbons (Fsp3) is 0.368. The lowest BCUT2D eigenvalue weighted by Crippen LogP contribution is -2.33. The third-order valence-electron chi connectivity index (χ3n) is 3.93. The van der Waals surface area contributed by atoms with Gasteiger partial charge in [-0.15, -0.1) is 0 Å². The highest BCUT2D eigenvalue weighted by Gasteiger charge is 2.18. The molecule has 0 spiro atoms. The second kappa shape index (κ2) is 6.77. The van der Waals surface area contributed by atoms with Crippen LogP contribution in [0.2, 0.25) is 0 Å². The van der Waals surface area contributed by atoms with E-state index in [0.717, 1.165) is 6.54 Å². The minimum Gasteiger partial charge on any atom is -0.363 e. The first-order chi connectivity index (χ1) is 10.0. The van der Waals surface area contributed by atoms with E-state index in [1.807, 2.05) is 0 Å². The molecule has 0 bridgehead atoms. The summed E-state index contributed by atoms with van der Waals surface area (Å²) in [5.41, 5.74) is 12.5. The van der Waals surface area contributed by atoms with Gasteiger partial charge in [-0.2, -0.15) is 0 Å². The van der Waals surface area contributed by atoms with Crippen LogP contribution in [0.1, 0.15) is 35.2 Å². The lowest BCUT2D eigenvalue weighted by molar-refractivity contribution is 0.642. The van der Waals surface area contributed by atoms with Gasteiger partial charge in [0.05, 0.1) is 6.04 Å². The summed E-state index contributed by atoms with van der Waals surface area (Å²) in [6.45, 7) is 10.1. The number of anilines is 1. The molecule has 0 saturated heterocycles. The van der Waals surface area contributed by atoms with Crippen LogP contribution in [-0.4, -0.2) is 13.1 Å². The summed E-state index contributed by atoms with van der Waals surface area (Å²) in [6.07, 6.45) is 0. The predicted octanol–water partition coefficient (Wildman–Crippen LogP) is 4.14. The Balaban J connectivity index is 2.39. The summed E-state index contributed by atoms with van der Waals surface area (Å²) in [5.74, 6) is 0. The van der Waals surface area contributed by atoms with Crippen molar-refractivity contribution in [3.05, 3.63) is 64.7 Å². The highest BCUT2D eigenvalue weighted by Crippen LogP contribution is 2.27. The first kappa shape index (κ1) is 15.6. The number of hydrogen-bond donors (Lipinski definition) is 1. The topological polar surface area (TPSA) is 29.3 Å². The van der Waals surface area contributed by atoms with Gasteiger partial charge in [0.1, 0.15) is 0 Å². The molecule has 0 saturated carbocycles. The number of rotatable bonds is 5. The van der Waals surface area contributed by atoms with Crippen molar-refractivity contribution in [1.82, 2.24) is 0 Å². The van der Waals surface area contributed by atoms with E-state index in [9.17, 15) is 0 Å². The lowest BCUT2D eigenvalue weighted by atomic mass is 9.99. The molecule has 2 heteroatoms. The third kappa shape index (κ3) is 3.64. The number of benzene rings is 2. The molecular weight excluding hydrogens is 256 g/mol. The van der Waals surface area contributed by atoms with Crippen LogP contribution < -0.4 is 10.6 Å². The van der Waals surface area contributed by atoms with E-state index in [0.29, 0.717) is 6.54 Å². The zero-order valence-electron chi connectivity index (χ0n) is 13.6. The maximum absolute atomic E-state index is 6.11. The quantitative estimate of drug-likeness (QED) is 0.893. The molecule has 0 aromatic heterocycles. The smallest absolute Gasteiger partial charge is 0.0664 e. The SMILES string of the molecule is CCN(c1ccc(C)cc1)C(CN)c1cc(C)cc(C)c1. The normalized spacial score (nSPS) is 12.2. The first-order valence-corrected chi connectivity index (χ1v) is 7.66. The molecule has 2 aromatic carbocycles. The van der Waals surface area contributed by atoms with E-state index in [4.69, 9.17) is 5.73 Å². The van der Waals surface area contributed by atoms with Crippen molar-refractivity contribution in [2.75, 3.05) is 18.0 Å². The maximum atomic E-state index is 6.11. The van der Waals surface area contributed by atoms with Gasteiger partial charge >= 0.3 is 0 Å². The number of nitrogens with zero attached hydrogens (tertiary/aromatic N) is 1. The highest BCUT2D eigenvalue weighted by molar-refractivity contribution is 5.50. The van der Waals surface area contributed by atoms with Crippen molar-refractivity contribution >= 4 is 5.69 Å². The zero-order valence-corrected chi connectivity index (χ0v) is 13.6. The van der Waals surface area contributed by atoms with Gasteiger partial charge in [-0.25, -0.2) is 0 Å². The van der Waals surface area contributed by atoms with Crippen LogP contribution in [0.5, 0.6) is 0 Å². The van der Waals surface area contributed by atoms with Crippen LogP contribution in [0, 0.1) is 20.8 Å². The fourth-order valence-electron chi connectivity index (χ4n) is 2.96. The van der Waals surface area contributed by atoms with Gasteiger partial charge in [0, 0.05) is 18.8 Å². The molecule has 1 atom stereocenters. The van der Waals surface area contributed by atoms with Gasteiger partial charge in [0.2, 0.25) is 0 Å². The van der Waals surface area contributed by atoms with Gasteiger partial charge in [-0.3, -0.25) is 0 Å². The van der Waals surface area contributed by atoms with E-state index in [1.54, 1.807) is 0 Å². The van der Waals surface area contributed by atoms with E-state index in [2.05, 4.69) is 75.1 Å². The van der Waals surface area contributed by atoms with Crippen molar-refractivity contribution < 1.29 is 0 Å². The molecule has 0 heterocycles. The lowest BCUT2D eigenvalue weighted by Gasteiger charge is -2.33. The van der Waals surface area contributed by atoms with E-state index in [-0.39, 0.29) is 6.04 Å².